The Bertz CT molecular complexity index is 614. The van der Waals surface area contributed by atoms with E-state index < -0.39 is 5.82 Å². The molecular formula is C15H16ClFN2OS. The number of piperazine rings is 1. The Morgan fingerprint density at radius 2 is 2.05 bits per heavy atom. The molecule has 1 aromatic heterocycles. The predicted molar refractivity (Wildman–Crippen MR) is 83.7 cm³/mol. The summed E-state index contributed by atoms with van der Waals surface area (Å²) >= 11 is 7.55. The van der Waals surface area contributed by atoms with Gasteiger partial charge in [0.1, 0.15) is 11.6 Å². The lowest BCUT2D eigenvalue weighted by Gasteiger charge is -2.35. The Morgan fingerprint density at radius 1 is 1.29 bits per heavy atom. The van der Waals surface area contributed by atoms with Crippen molar-refractivity contribution in [3.63, 3.8) is 0 Å². The number of rotatable bonds is 3. The minimum Gasteiger partial charge on any atom is -0.506 e. The summed E-state index contributed by atoms with van der Waals surface area (Å²) < 4.78 is 14.4. The van der Waals surface area contributed by atoms with E-state index in [1.54, 1.807) is 11.3 Å². The van der Waals surface area contributed by atoms with Crippen molar-refractivity contribution in [1.82, 2.24) is 10.2 Å². The topological polar surface area (TPSA) is 35.5 Å². The van der Waals surface area contributed by atoms with Crippen LogP contribution in [0.5, 0.6) is 5.75 Å². The Kier molecular flexibility index (Phi) is 4.45. The van der Waals surface area contributed by atoms with Gasteiger partial charge >= 0.3 is 0 Å². The molecule has 2 heterocycles. The fraction of sp³-hybridized carbons (Fsp3) is 0.333. The zero-order valence-electron chi connectivity index (χ0n) is 11.4. The Labute approximate surface area is 132 Å². The number of phenolic OH excluding ortho intramolecular Hbond substituents is 1. The van der Waals surface area contributed by atoms with Crippen LogP contribution in [0.3, 0.4) is 0 Å². The fourth-order valence-electron chi connectivity index (χ4n) is 2.71. The molecule has 1 saturated heterocycles. The van der Waals surface area contributed by atoms with Gasteiger partial charge in [-0.2, -0.15) is 0 Å². The average Bonchev–Trinajstić information content (AvgIpc) is 3.02. The summed E-state index contributed by atoms with van der Waals surface area (Å²) in [6.45, 7) is 3.30. The van der Waals surface area contributed by atoms with Gasteiger partial charge in [-0.3, -0.25) is 4.90 Å². The largest absolute Gasteiger partial charge is 0.506 e. The first-order valence-corrected chi connectivity index (χ1v) is 8.09. The molecule has 21 heavy (non-hydrogen) atoms. The Hall–Kier alpha value is -1.14. The molecule has 0 radical (unpaired) electrons. The summed E-state index contributed by atoms with van der Waals surface area (Å²) in [7, 11) is 0. The van der Waals surface area contributed by atoms with Crippen LogP contribution in [0.2, 0.25) is 5.02 Å². The van der Waals surface area contributed by atoms with Crippen LogP contribution in [0.1, 0.15) is 16.5 Å². The molecule has 1 atom stereocenters. The number of halogens is 2. The summed E-state index contributed by atoms with van der Waals surface area (Å²) in [4.78, 5) is 3.19. The molecule has 0 unspecified atom stereocenters. The van der Waals surface area contributed by atoms with Crippen molar-refractivity contribution in [3.05, 3.63) is 50.9 Å². The number of thiophene rings is 1. The van der Waals surface area contributed by atoms with Crippen LogP contribution in [0, 0.1) is 5.82 Å². The Balaban J connectivity index is 2.09. The van der Waals surface area contributed by atoms with E-state index in [9.17, 15) is 9.50 Å². The second kappa shape index (κ2) is 6.32. The van der Waals surface area contributed by atoms with E-state index in [1.165, 1.54) is 12.1 Å². The Morgan fingerprint density at radius 3 is 2.71 bits per heavy atom. The summed E-state index contributed by atoms with van der Waals surface area (Å²) in [6.07, 6.45) is 0. The van der Waals surface area contributed by atoms with Crippen molar-refractivity contribution >= 4 is 22.9 Å². The van der Waals surface area contributed by atoms with Crippen LogP contribution in [-0.2, 0) is 0 Å². The highest BCUT2D eigenvalue weighted by Crippen LogP contribution is 2.41. The van der Waals surface area contributed by atoms with Gasteiger partial charge in [-0.05, 0) is 23.6 Å². The maximum atomic E-state index is 14.4. The quantitative estimate of drug-likeness (QED) is 0.909. The second-order valence-corrected chi connectivity index (χ2v) is 6.38. The van der Waals surface area contributed by atoms with Crippen LogP contribution in [0.15, 0.2) is 29.6 Å². The van der Waals surface area contributed by atoms with Crippen molar-refractivity contribution in [2.75, 3.05) is 26.2 Å². The van der Waals surface area contributed by atoms with Gasteiger partial charge in [0.25, 0.3) is 0 Å². The predicted octanol–water partition coefficient (Wildman–Crippen LogP) is 3.24. The standard InChI is InChI=1S/C15H16ClFN2OS/c16-10-3-4-11(17)13(15(10)20)14(12-2-1-9-21-12)19-7-5-18-6-8-19/h1-4,9,14,18,20H,5-8H2/t14-/m0/s1. The fourth-order valence-corrected chi connectivity index (χ4v) is 3.74. The normalized spacial score (nSPS) is 17.8. The first-order valence-electron chi connectivity index (χ1n) is 6.83. The third-order valence-corrected chi connectivity index (χ3v) is 4.95. The van der Waals surface area contributed by atoms with Gasteiger partial charge in [0.2, 0.25) is 0 Å². The smallest absolute Gasteiger partial charge is 0.142 e. The number of aromatic hydroxyl groups is 1. The lowest BCUT2D eigenvalue weighted by atomic mass is 10.0. The van der Waals surface area contributed by atoms with E-state index in [-0.39, 0.29) is 22.4 Å². The van der Waals surface area contributed by atoms with Crippen LogP contribution < -0.4 is 5.32 Å². The lowest BCUT2D eigenvalue weighted by Crippen LogP contribution is -2.45. The number of benzene rings is 1. The molecular weight excluding hydrogens is 311 g/mol. The number of hydrogen-bond acceptors (Lipinski definition) is 4. The molecule has 112 valence electrons. The van der Waals surface area contributed by atoms with Gasteiger partial charge in [0, 0.05) is 31.1 Å². The molecule has 1 aromatic carbocycles. The molecule has 6 heteroatoms. The third-order valence-electron chi connectivity index (χ3n) is 3.72. The van der Waals surface area contributed by atoms with Gasteiger partial charge < -0.3 is 10.4 Å². The van der Waals surface area contributed by atoms with Crippen molar-refractivity contribution < 1.29 is 9.50 Å². The zero-order valence-corrected chi connectivity index (χ0v) is 12.9. The molecule has 0 aliphatic carbocycles. The number of nitrogens with zero attached hydrogens (tertiary/aromatic N) is 1. The summed E-state index contributed by atoms with van der Waals surface area (Å²) in [5, 5.41) is 15.7. The van der Waals surface area contributed by atoms with Crippen LogP contribution in [-0.4, -0.2) is 36.2 Å². The molecule has 1 fully saturated rings. The number of hydrogen-bond donors (Lipinski definition) is 2. The molecule has 3 rings (SSSR count). The van der Waals surface area contributed by atoms with Crippen molar-refractivity contribution in [2.45, 2.75) is 6.04 Å². The van der Waals surface area contributed by atoms with E-state index in [0.717, 1.165) is 31.1 Å². The monoisotopic (exact) mass is 326 g/mol. The van der Waals surface area contributed by atoms with Gasteiger partial charge in [0.05, 0.1) is 16.6 Å². The summed E-state index contributed by atoms with van der Waals surface area (Å²) in [5.74, 6) is -0.581. The van der Waals surface area contributed by atoms with E-state index in [2.05, 4.69) is 10.2 Å². The van der Waals surface area contributed by atoms with Crippen LogP contribution in [0.4, 0.5) is 4.39 Å². The van der Waals surface area contributed by atoms with E-state index >= 15 is 0 Å². The minimum absolute atomic E-state index is 0.159. The van der Waals surface area contributed by atoms with Crippen molar-refractivity contribution in [2.24, 2.45) is 0 Å². The van der Waals surface area contributed by atoms with Gasteiger partial charge in [-0.25, -0.2) is 4.39 Å². The van der Waals surface area contributed by atoms with E-state index in [0.29, 0.717) is 0 Å². The molecule has 1 aliphatic rings. The van der Waals surface area contributed by atoms with Crippen molar-refractivity contribution in [3.8, 4) is 5.75 Å². The van der Waals surface area contributed by atoms with E-state index in [4.69, 9.17) is 11.6 Å². The SMILES string of the molecule is Oc1c(Cl)ccc(F)c1[C@H](c1cccs1)N1CCNCC1. The minimum atomic E-state index is -0.422. The molecule has 0 spiro atoms. The molecule has 2 N–H and O–H groups in total. The lowest BCUT2D eigenvalue weighted by molar-refractivity contribution is 0.194. The highest BCUT2D eigenvalue weighted by atomic mass is 35.5. The first-order chi connectivity index (χ1) is 10.2. The highest BCUT2D eigenvalue weighted by Gasteiger charge is 2.30. The highest BCUT2D eigenvalue weighted by molar-refractivity contribution is 7.10. The van der Waals surface area contributed by atoms with E-state index in [1.807, 2.05) is 17.5 Å². The molecule has 0 bridgehead atoms. The zero-order chi connectivity index (χ0) is 14.8. The van der Waals surface area contributed by atoms with Crippen LogP contribution >= 0.6 is 22.9 Å². The third kappa shape index (κ3) is 2.92. The molecule has 3 nitrogen and oxygen atoms in total. The number of phenols is 1. The molecule has 1 aliphatic heterocycles. The summed E-state index contributed by atoms with van der Waals surface area (Å²) in [5.41, 5.74) is 0.270. The van der Waals surface area contributed by atoms with Crippen molar-refractivity contribution in [1.29, 1.82) is 0 Å². The average molecular weight is 327 g/mol. The maximum absolute atomic E-state index is 14.4. The molecule has 0 amide bonds. The molecule has 0 saturated carbocycles. The first kappa shape index (κ1) is 14.8. The van der Waals surface area contributed by atoms with Gasteiger partial charge in [0.15, 0.2) is 0 Å². The molecule has 2 aromatic rings. The van der Waals surface area contributed by atoms with Crippen LogP contribution in [0.25, 0.3) is 0 Å². The summed E-state index contributed by atoms with van der Waals surface area (Å²) in [6, 6.07) is 6.32. The second-order valence-electron chi connectivity index (χ2n) is 5.00. The number of nitrogens with one attached hydrogen (secondary N) is 1. The van der Waals surface area contributed by atoms with Gasteiger partial charge in [-0.15, -0.1) is 11.3 Å². The van der Waals surface area contributed by atoms with Gasteiger partial charge in [-0.1, -0.05) is 17.7 Å². The maximum Gasteiger partial charge on any atom is 0.142 e.